The number of nitrogens with zero attached hydrogens (tertiary/aromatic N) is 1. The largest absolute Gasteiger partial charge is 0.372 e. The number of rotatable bonds is 6. The van der Waals surface area contributed by atoms with Crippen molar-refractivity contribution in [1.29, 1.82) is 0 Å². The lowest BCUT2D eigenvalue weighted by Crippen LogP contribution is -2.36. The van der Waals surface area contributed by atoms with E-state index in [1.807, 2.05) is 25.1 Å². The predicted molar refractivity (Wildman–Crippen MR) is 114 cm³/mol. The molecule has 1 saturated heterocycles. The van der Waals surface area contributed by atoms with Crippen LogP contribution in [0, 0.1) is 6.92 Å². The molecular weight excluding hydrogens is 350 g/mol. The Morgan fingerprint density at radius 2 is 1.71 bits per heavy atom. The number of carbonyl (C=O) groups excluding carboxylic acids is 2. The maximum Gasteiger partial charge on any atom is 0.313 e. The van der Waals surface area contributed by atoms with Gasteiger partial charge in [-0.1, -0.05) is 24.3 Å². The van der Waals surface area contributed by atoms with Gasteiger partial charge in [0, 0.05) is 31.0 Å². The molecule has 5 nitrogen and oxygen atoms in total. The van der Waals surface area contributed by atoms with Crippen molar-refractivity contribution in [3.63, 3.8) is 0 Å². The number of nitrogens with one attached hydrogen (secondary N) is 2. The molecule has 5 heteroatoms. The molecule has 148 valence electrons. The Balaban J connectivity index is 1.37. The second kappa shape index (κ2) is 9.93. The van der Waals surface area contributed by atoms with Crippen LogP contribution in [0.4, 0.5) is 11.4 Å². The van der Waals surface area contributed by atoms with Gasteiger partial charge in [-0.2, -0.15) is 0 Å². The third-order valence-corrected chi connectivity index (χ3v) is 5.07. The maximum absolute atomic E-state index is 11.9. The fourth-order valence-corrected chi connectivity index (χ4v) is 3.51. The summed E-state index contributed by atoms with van der Waals surface area (Å²) in [5.41, 5.74) is 4.21. The zero-order chi connectivity index (χ0) is 19.8. The smallest absolute Gasteiger partial charge is 0.313 e. The summed E-state index contributed by atoms with van der Waals surface area (Å²) in [6.45, 7) is 4.72. The molecule has 3 rings (SSSR count). The van der Waals surface area contributed by atoms with E-state index >= 15 is 0 Å². The van der Waals surface area contributed by atoms with Crippen LogP contribution >= 0.6 is 0 Å². The van der Waals surface area contributed by atoms with E-state index in [0.29, 0.717) is 12.2 Å². The third-order valence-electron chi connectivity index (χ3n) is 5.07. The predicted octanol–water partition coefficient (Wildman–Crippen LogP) is 3.67. The average molecular weight is 380 g/mol. The van der Waals surface area contributed by atoms with E-state index in [1.54, 1.807) is 6.07 Å². The fourth-order valence-electron chi connectivity index (χ4n) is 3.51. The highest BCUT2D eigenvalue weighted by atomic mass is 16.2. The Kier molecular flexibility index (Phi) is 7.06. The van der Waals surface area contributed by atoms with Crippen molar-refractivity contribution in [1.82, 2.24) is 5.32 Å². The van der Waals surface area contributed by atoms with Crippen LogP contribution < -0.4 is 15.5 Å². The standard InChI is InChI=1S/C23H29N3O2/c1-18-7-5-9-20(17-18)25-23(28)22(27)24-14-6-8-19-10-12-21(13-11-19)26-15-3-2-4-16-26/h5,7,9-13,17H,2-4,6,8,14-16H2,1H3,(H,24,27)(H,25,28). The zero-order valence-electron chi connectivity index (χ0n) is 16.5. The summed E-state index contributed by atoms with van der Waals surface area (Å²) in [5.74, 6) is -1.22. The molecule has 28 heavy (non-hydrogen) atoms. The van der Waals surface area contributed by atoms with E-state index in [9.17, 15) is 9.59 Å². The Labute approximate surface area is 167 Å². The number of aryl methyl sites for hydroxylation is 2. The minimum absolute atomic E-state index is 0.480. The number of benzene rings is 2. The maximum atomic E-state index is 11.9. The molecule has 1 heterocycles. The zero-order valence-corrected chi connectivity index (χ0v) is 16.5. The van der Waals surface area contributed by atoms with Crippen molar-refractivity contribution in [3.8, 4) is 0 Å². The Morgan fingerprint density at radius 3 is 2.43 bits per heavy atom. The summed E-state index contributed by atoms with van der Waals surface area (Å²) >= 11 is 0. The monoisotopic (exact) mass is 379 g/mol. The third kappa shape index (κ3) is 5.84. The van der Waals surface area contributed by atoms with Crippen LogP contribution in [0.15, 0.2) is 48.5 Å². The van der Waals surface area contributed by atoms with Gasteiger partial charge in [0.2, 0.25) is 0 Å². The number of carbonyl (C=O) groups is 2. The molecule has 2 aromatic carbocycles. The van der Waals surface area contributed by atoms with E-state index in [2.05, 4.69) is 39.8 Å². The van der Waals surface area contributed by atoms with Crippen LogP contribution in [0.2, 0.25) is 0 Å². The summed E-state index contributed by atoms with van der Waals surface area (Å²) in [4.78, 5) is 26.3. The molecule has 1 fully saturated rings. The second-order valence-corrected chi connectivity index (χ2v) is 7.40. The van der Waals surface area contributed by atoms with E-state index < -0.39 is 11.8 Å². The van der Waals surface area contributed by atoms with Gasteiger partial charge in [-0.25, -0.2) is 0 Å². The molecule has 1 aliphatic rings. The van der Waals surface area contributed by atoms with Crippen molar-refractivity contribution >= 4 is 23.2 Å². The minimum Gasteiger partial charge on any atom is -0.372 e. The van der Waals surface area contributed by atoms with Crippen LogP contribution in [0.5, 0.6) is 0 Å². The average Bonchev–Trinajstić information content (AvgIpc) is 2.72. The lowest BCUT2D eigenvalue weighted by molar-refractivity contribution is -0.136. The van der Waals surface area contributed by atoms with Gasteiger partial charge in [-0.15, -0.1) is 0 Å². The highest BCUT2D eigenvalue weighted by molar-refractivity contribution is 6.39. The molecule has 0 aliphatic carbocycles. The highest BCUT2D eigenvalue weighted by Gasteiger charge is 2.13. The van der Waals surface area contributed by atoms with Gasteiger partial charge in [0.15, 0.2) is 0 Å². The van der Waals surface area contributed by atoms with Crippen LogP contribution in [-0.2, 0) is 16.0 Å². The molecule has 0 unspecified atom stereocenters. The van der Waals surface area contributed by atoms with Crippen LogP contribution in [-0.4, -0.2) is 31.4 Å². The van der Waals surface area contributed by atoms with Crippen LogP contribution in [0.3, 0.4) is 0 Å². The second-order valence-electron chi connectivity index (χ2n) is 7.40. The number of hydrogen-bond donors (Lipinski definition) is 2. The van der Waals surface area contributed by atoms with Gasteiger partial charge in [0.05, 0.1) is 0 Å². The molecule has 0 bridgehead atoms. The number of anilines is 2. The molecule has 0 spiro atoms. The molecule has 0 atom stereocenters. The van der Waals surface area contributed by atoms with Gasteiger partial charge in [-0.3, -0.25) is 9.59 Å². The lowest BCUT2D eigenvalue weighted by atomic mass is 10.1. The van der Waals surface area contributed by atoms with Gasteiger partial charge >= 0.3 is 11.8 Å². The molecule has 2 amide bonds. The van der Waals surface area contributed by atoms with Gasteiger partial charge in [0.25, 0.3) is 0 Å². The van der Waals surface area contributed by atoms with Crippen molar-refractivity contribution in [2.24, 2.45) is 0 Å². The first-order valence-corrected chi connectivity index (χ1v) is 10.1. The van der Waals surface area contributed by atoms with Crippen LogP contribution in [0.1, 0.15) is 36.8 Å². The SMILES string of the molecule is Cc1cccc(NC(=O)C(=O)NCCCc2ccc(N3CCCCC3)cc2)c1. The molecule has 2 aromatic rings. The molecule has 2 N–H and O–H groups in total. The fraction of sp³-hybridized carbons (Fsp3) is 0.391. The van der Waals surface area contributed by atoms with Crippen molar-refractivity contribution in [2.45, 2.75) is 39.0 Å². The van der Waals surface area contributed by atoms with Crippen LogP contribution in [0.25, 0.3) is 0 Å². The molecule has 0 saturated carbocycles. The molecular formula is C23H29N3O2. The summed E-state index contributed by atoms with van der Waals surface area (Å²) < 4.78 is 0. The Bertz CT molecular complexity index is 796. The van der Waals surface area contributed by atoms with Crippen molar-refractivity contribution in [3.05, 3.63) is 59.7 Å². The molecule has 0 aromatic heterocycles. The highest BCUT2D eigenvalue weighted by Crippen LogP contribution is 2.20. The first-order valence-electron chi connectivity index (χ1n) is 10.1. The van der Waals surface area contributed by atoms with Gasteiger partial charge in [0.1, 0.15) is 0 Å². The first-order chi connectivity index (χ1) is 13.6. The van der Waals surface area contributed by atoms with E-state index in [-0.39, 0.29) is 0 Å². The van der Waals surface area contributed by atoms with E-state index in [1.165, 1.54) is 30.5 Å². The van der Waals surface area contributed by atoms with E-state index in [0.717, 1.165) is 31.5 Å². The Morgan fingerprint density at radius 1 is 0.964 bits per heavy atom. The number of amides is 2. The molecule has 0 radical (unpaired) electrons. The lowest BCUT2D eigenvalue weighted by Gasteiger charge is -2.28. The topological polar surface area (TPSA) is 61.4 Å². The van der Waals surface area contributed by atoms with Gasteiger partial charge < -0.3 is 15.5 Å². The minimum atomic E-state index is -0.628. The summed E-state index contributed by atoms with van der Waals surface area (Å²) in [5, 5.41) is 5.31. The quantitative estimate of drug-likeness (QED) is 0.595. The summed E-state index contributed by atoms with van der Waals surface area (Å²) in [7, 11) is 0. The number of piperidine rings is 1. The summed E-state index contributed by atoms with van der Waals surface area (Å²) in [6.07, 6.45) is 5.56. The Hall–Kier alpha value is -2.82. The number of hydrogen-bond acceptors (Lipinski definition) is 3. The van der Waals surface area contributed by atoms with Gasteiger partial charge in [-0.05, 0) is 74.4 Å². The van der Waals surface area contributed by atoms with E-state index in [4.69, 9.17) is 0 Å². The molecule has 1 aliphatic heterocycles. The van der Waals surface area contributed by atoms with Crippen molar-refractivity contribution in [2.75, 3.05) is 29.9 Å². The summed E-state index contributed by atoms with van der Waals surface area (Å²) in [6, 6.07) is 16.1. The van der Waals surface area contributed by atoms with Crippen molar-refractivity contribution < 1.29 is 9.59 Å². The normalized spacial score (nSPS) is 13.8. The first kappa shape index (κ1) is 19.9.